The van der Waals surface area contributed by atoms with E-state index in [0.717, 1.165) is 12.8 Å². The molecule has 0 aromatic carbocycles. The predicted molar refractivity (Wildman–Crippen MR) is 68.3 cm³/mol. The predicted octanol–water partition coefficient (Wildman–Crippen LogP) is 2.77. The molecule has 0 amide bonds. The topological polar surface area (TPSA) is 73.8 Å². The SMILES string of the molecule is CCCCNc1ncnc2[nH]c(C(O)C(F)(F)F)cc12. The second kappa shape index (κ2) is 5.66. The van der Waals surface area contributed by atoms with Crippen molar-refractivity contribution in [1.82, 2.24) is 15.0 Å². The van der Waals surface area contributed by atoms with Crippen molar-refractivity contribution in [3.8, 4) is 0 Å². The van der Waals surface area contributed by atoms with E-state index in [1.807, 2.05) is 6.92 Å². The molecule has 1 atom stereocenters. The van der Waals surface area contributed by atoms with Crippen LogP contribution >= 0.6 is 0 Å². The van der Waals surface area contributed by atoms with Crippen LogP contribution in [0.1, 0.15) is 31.6 Å². The minimum Gasteiger partial charge on any atom is -0.378 e. The number of aromatic nitrogens is 3. The summed E-state index contributed by atoms with van der Waals surface area (Å²) in [6.07, 6.45) is -4.10. The van der Waals surface area contributed by atoms with Crippen LogP contribution in [-0.4, -0.2) is 32.8 Å². The quantitative estimate of drug-likeness (QED) is 0.740. The van der Waals surface area contributed by atoms with Gasteiger partial charge in [0.1, 0.15) is 17.8 Å². The second-order valence-electron chi connectivity index (χ2n) is 4.43. The first-order chi connectivity index (χ1) is 9.43. The average molecular weight is 288 g/mol. The van der Waals surface area contributed by atoms with E-state index in [0.29, 0.717) is 17.7 Å². The van der Waals surface area contributed by atoms with E-state index in [9.17, 15) is 18.3 Å². The summed E-state index contributed by atoms with van der Waals surface area (Å²) in [6, 6.07) is 1.22. The van der Waals surface area contributed by atoms with E-state index in [-0.39, 0.29) is 11.3 Å². The molecule has 2 heterocycles. The van der Waals surface area contributed by atoms with Crippen LogP contribution in [0.15, 0.2) is 12.4 Å². The summed E-state index contributed by atoms with van der Waals surface area (Å²) in [5.74, 6) is 0.459. The van der Waals surface area contributed by atoms with Gasteiger partial charge in [0.15, 0.2) is 6.10 Å². The maximum absolute atomic E-state index is 12.5. The van der Waals surface area contributed by atoms with Gasteiger partial charge in [0, 0.05) is 6.54 Å². The highest BCUT2D eigenvalue weighted by molar-refractivity contribution is 5.87. The number of nitrogens with zero attached hydrogens (tertiary/aromatic N) is 2. The van der Waals surface area contributed by atoms with Crippen molar-refractivity contribution in [2.45, 2.75) is 32.0 Å². The number of anilines is 1. The number of hydrogen-bond acceptors (Lipinski definition) is 4. The molecule has 0 saturated carbocycles. The molecule has 8 heteroatoms. The fourth-order valence-electron chi connectivity index (χ4n) is 1.81. The zero-order chi connectivity index (χ0) is 14.8. The summed E-state index contributed by atoms with van der Waals surface area (Å²) in [4.78, 5) is 10.4. The van der Waals surface area contributed by atoms with Gasteiger partial charge in [-0.15, -0.1) is 0 Å². The molecule has 0 fully saturated rings. The first-order valence-corrected chi connectivity index (χ1v) is 6.25. The van der Waals surface area contributed by atoms with Crippen LogP contribution in [0.3, 0.4) is 0 Å². The molecule has 0 saturated heterocycles. The highest BCUT2D eigenvalue weighted by Gasteiger charge is 2.40. The Morgan fingerprint density at radius 2 is 2.15 bits per heavy atom. The summed E-state index contributed by atoms with van der Waals surface area (Å²) in [5.41, 5.74) is -0.0798. The number of fused-ring (bicyclic) bond motifs is 1. The molecule has 2 aromatic heterocycles. The van der Waals surface area contributed by atoms with Crippen LogP contribution < -0.4 is 5.32 Å². The molecule has 110 valence electrons. The van der Waals surface area contributed by atoms with Gasteiger partial charge >= 0.3 is 6.18 Å². The fourth-order valence-corrected chi connectivity index (χ4v) is 1.81. The van der Waals surface area contributed by atoms with Gasteiger partial charge in [0.05, 0.1) is 11.1 Å². The third-order valence-corrected chi connectivity index (χ3v) is 2.87. The third kappa shape index (κ3) is 3.01. The number of nitrogens with one attached hydrogen (secondary N) is 2. The van der Waals surface area contributed by atoms with Gasteiger partial charge in [0.2, 0.25) is 0 Å². The Hall–Kier alpha value is -1.83. The van der Waals surface area contributed by atoms with Crippen LogP contribution in [-0.2, 0) is 0 Å². The molecule has 0 aliphatic carbocycles. The summed E-state index contributed by atoms with van der Waals surface area (Å²) < 4.78 is 37.5. The van der Waals surface area contributed by atoms with Gasteiger partial charge in [0.25, 0.3) is 0 Å². The molecule has 0 aliphatic rings. The van der Waals surface area contributed by atoms with Crippen LogP contribution in [0.5, 0.6) is 0 Å². The van der Waals surface area contributed by atoms with Crippen molar-refractivity contribution < 1.29 is 18.3 Å². The van der Waals surface area contributed by atoms with E-state index in [1.165, 1.54) is 12.4 Å². The summed E-state index contributed by atoms with van der Waals surface area (Å²) in [6.45, 7) is 2.70. The normalized spacial score (nSPS) is 13.7. The third-order valence-electron chi connectivity index (χ3n) is 2.87. The average Bonchev–Trinajstić information content (AvgIpc) is 2.81. The Bertz CT molecular complexity index is 582. The first-order valence-electron chi connectivity index (χ1n) is 6.25. The molecule has 0 spiro atoms. The summed E-state index contributed by atoms with van der Waals surface area (Å²) in [5, 5.41) is 12.7. The van der Waals surface area contributed by atoms with E-state index in [1.54, 1.807) is 0 Å². The monoisotopic (exact) mass is 288 g/mol. The van der Waals surface area contributed by atoms with Gasteiger partial charge in [-0.05, 0) is 12.5 Å². The highest BCUT2D eigenvalue weighted by Crippen LogP contribution is 2.34. The number of hydrogen-bond donors (Lipinski definition) is 3. The summed E-state index contributed by atoms with van der Waals surface area (Å²) >= 11 is 0. The zero-order valence-electron chi connectivity index (χ0n) is 10.8. The molecular formula is C12H15F3N4O. The van der Waals surface area contributed by atoms with Crippen molar-refractivity contribution in [3.63, 3.8) is 0 Å². The Morgan fingerprint density at radius 3 is 2.80 bits per heavy atom. The lowest BCUT2D eigenvalue weighted by molar-refractivity contribution is -0.207. The molecule has 20 heavy (non-hydrogen) atoms. The van der Waals surface area contributed by atoms with E-state index in [2.05, 4.69) is 20.3 Å². The van der Waals surface area contributed by atoms with Crippen molar-refractivity contribution in [2.24, 2.45) is 0 Å². The zero-order valence-corrected chi connectivity index (χ0v) is 10.8. The minimum absolute atomic E-state index is 0.261. The standard InChI is InChI=1S/C12H15F3N4O/c1-2-3-4-16-10-7-5-8(9(20)12(13,14)15)19-11(7)18-6-17-10/h5-6,9,20H,2-4H2,1H3,(H2,16,17,18,19). The molecule has 2 aromatic rings. The van der Waals surface area contributed by atoms with E-state index < -0.39 is 12.3 Å². The lowest BCUT2D eigenvalue weighted by Crippen LogP contribution is -2.20. The van der Waals surface area contributed by atoms with Gasteiger partial charge in [-0.1, -0.05) is 13.3 Å². The van der Waals surface area contributed by atoms with Crippen molar-refractivity contribution in [3.05, 3.63) is 18.1 Å². The number of unbranched alkanes of at least 4 members (excludes halogenated alkanes) is 1. The van der Waals surface area contributed by atoms with Crippen LogP contribution in [0.25, 0.3) is 11.0 Å². The number of H-pyrrole nitrogens is 1. The number of halogens is 3. The minimum atomic E-state index is -4.72. The largest absolute Gasteiger partial charge is 0.420 e. The molecule has 1 unspecified atom stereocenters. The molecule has 0 radical (unpaired) electrons. The van der Waals surface area contributed by atoms with Crippen LogP contribution in [0.4, 0.5) is 19.0 Å². The van der Waals surface area contributed by atoms with E-state index >= 15 is 0 Å². The second-order valence-corrected chi connectivity index (χ2v) is 4.43. The van der Waals surface area contributed by atoms with Gasteiger partial charge in [-0.2, -0.15) is 13.2 Å². The maximum Gasteiger partial charge on any atom is 0.420 e. The first kappa shape index (κ1) is 14.6. The maximum atomic E-state index is 12.5. The van der Waals surface area contributed by atoms with Crippen molar-refractivity contribution >= 4 is 16.9 Å². The fraction of sp³-hybridized carbons (Fsp3) is 0.500. The number of alkyl halides is 3. The number of aromatic amines is 1. The lowest BCUT2D eigenvalue weighted by Gasteiger charge is -2.12. The smallest absolute Gasteiger partial charge is 0.378 e. The Kier molecular flexibility index (Phi) is 4.12. The molecule has 2 rings (SSSR count). The molecular weight excluding hydrogens is 273 g/mol. The van der Waals surface area contributed by atoms with Crippen LogP contribution in [0, 0.1) is 0 Å². The molecule has 5 nitrogen and oxygen atoms in total. The number of aliphatic hydroxyl groups excluding tert-OH is 1. The number of rotatable bonds is 5. The van der Waals surface area contributed by atoms with Gasteiger partial charge < -0.3 is 15.4 Å². The van der Waals surface area contributed by atoms with E-state index in [4.69, 9.17) is 0 Å². The highest BCUT2D eigenvalue weighted by atomic mass is 19.4. The molecule has 0 aliphatic heterocycles. The van der Waals surface area contributed by atoms with Crippen molar-refractivity contribution in [1.29, 1.82) is 0 Å². The number of aliphatic hydroxyl groups is 1. The van der Waals surface area contributed by atoms with Gasteiger partial charge in [-0.3, -0.25) is 0 Å². The van der Waals surface area contributed by atoms with Crippen LogP contribution in [0.2, 0.25) is 0 Å². The van der Waals surface area contributed by atoms with Crippen molar-refractivity contribution in [2.75, 3.05) is 11.9 Å². The Morgan fingerprint density at radius 1 is 1.40 bits per heavy atom. The Balaban J connectivity index is 2.31. The van der Waals surface area contributed by atoms with Gasteiger partial charge in [-0.25, -0.2) is 9.97 Å². The molecule has 0 bridgehead atoms. The molecule has 3 N–H and O–H groups in total. The summed E-state index contributed by atoms with van der Waals surface area (Å²) in [7, 11) is 0. The lowest BCUT2D eigenvalue weighted by atomic mass is 10.2. The Labute approximate surface area is 113 Å².